The molecule has 0 bridgehead atoms. The second-order valence-electron chi connectivity index (χ2n) is 6.26. The van der Waals surface area contributed by atoms with Crippen molar-refractivity contribution in [1.29, 1.82) is 0 Å². The molecule has 2 aromatic rings. The Balaban J connectivity index is 1.74. The number of carbonyl (C=O) groups excluding carboxylic acids is 1. The average Bonchev–Trinajstić information content (AvgIpc) is 2.67. The SMILES string of the molecule is C=CC(=O)N1CCN(c2ccc(-c3cc(O)ccc3CC)cc2)CC1. The first kappa shape index (κ1) is 17.1. The molecule has 0 aromatic heterocycles. The van der Waals surface area contributed by atoms with Gasteiger partial charge in [-0.3, -0.25) is 4.79 Å². The zero-order chi connectivity index (χ0) is 17.8. The van der Waals surface area contributed by atoms with Gasteiger partial charge < -0.3 is 14.9 Å². The monoisotopic (exact) mass is 336 g/mol. The molecule has 4 heteroatoms. The van der Waals surface area contributed by atoms with Gasteiger partial charge in [0.2, 0.25) is 5.91 Å². The van der Waals surface area contributed by atoms with Gasteiger partial charge in [-0.25, -0.2) is 0 Å². The zero-order valence-electron chi connectivity index (χ0n) is 14.6. The van der Waals surface area contributed by atoms with Gasteiger partial charge in [-0.1, -0.05) is 31.7 Å². The molecule has 0 atom stereocenters. The molecule has 0 unspecified atom stereocenters. The van der Waals surface area contributed by atoms with Crippen LogP contribution in [0.2, 0.25) is 0 Å². The molecule has 25 heavy (non-hydrogen) atoms. The van der Waals surface area contributed by atoms with E-state index in [1.54, 1.807) is 6.07 Å². The molecule has 130 valence electrons. The number of hydrogen-bond acceptors (Lipinski definition) is 3. The van der Waals surface area contributed by atoms with E-state index in [-0.39, 0.29) is 5.91 Å². The van der Waals surface area contributed by atoms with Crippen molar-refractivity contribution in [2.75, 3.05) is 31.1 Å². The van der Waals surface area contributed by atoms with Crippen LogP contribution in [-0.2, 0) is 11.2 Å². The number of phenolic OH excluding ortho intramolecular Hbond substituents is 1. The minimum absolute atomic E-state index is 0.00554. The molecule has 2 aromatic carbocycles. The van der Waals surface area contributed by atoms with Crippen molar-refractivity contribution in [2.24, 2.45) is 0 Å². The summed E-state index contributed by atoms with van der Waals surface area (Å²) < 4.78 is 0. The summed E-state index contributed by atoms with van der Waals surface area (Å²) >= 11 is 0. The van der Waals surface area contributed by atoms with Gasteiger partial charge >= 0.3 is 0 Å². The first-order valence-electron chi connectivity index (χ1n) is 8.71. The Morgan fingerprint density at radius 2 is 1.80 bits per heavy atom. The van der Waals surface area contributed by atoms with Gasteiger partial charge in [0.05, 0.1) is 0 Å². The molecule has 1 fully saturated rings. The van der Waals surface area contributed by atoms with E-state index < -0.39 is 0 Å². The predicted octanol–water partition coefficient (Wildman–Crippen LogP) is 3.46. The second-order valence-corrected chi connectivity index (χ2v) is 6.26. The van der Waals surface area contributed by atoms with E-state index in [1.165, 1.54) is 11.6 Å². The van der Waals surface area contributed by atoms with Crippen molar-refractivity contribution >= 4 is 11.6 Å². The molecule has 1 aliphatic rings. The summed E-state index contributed by atoms with van der Waals surface area (Å²) in [4.78, 5) is 15.8. The van der Waals surface area contributed by atoms with E-state index in [0.29, 0.717) is 5.75 Å². The van der Waals surface area contributed by atoms with Crippen LogP contribution in [-0.4, -0.2) is 42.1 Å². The van der Waals surface area contributed by atoms with Crippen LogP contribution in [0.5, 0.6) is 5.75 Å². The van der Waals surface area contributed by atoms with Crippen LogP contribution < -0.4 is 4.90 Å². The number of rotatable bonds is 4. The molecular formula is C21H24N2O2. The standard InChI is InChI=1S/C21H24N2O2/c1-3-16-7-10-19(24)15-20(16)17-5-8-18(9-6-17)22-11-13-23(14-12-22)21(25)4-2/h4-10,15,24H,2-3,11-14H2,1H3. The van der Waals surface area contributed by atoms with Crippen molar-refractivity contribution in [3.05, 3.63) is 60.7 Å². The number of piperazine rings is 1. The molecule has 0 radical (unpaired) electrons. The Hall–Kier alpha value is -2.75. The van der Waals surface area contributed by atoms with Crippen molar-refractivity contribution in [3.8, 4) is 16.9 Å². The Kier molecular flexibility index (Phi) is 5.08. The number of aromatic hydroxyl groups is 1. The Labute approximate surface area is 149 Å². The first-order valence-corrected chi connectivity index (χ1v) is 8.71. The molecule has 3 rings (SSSR count). The number of nitrogens with zero attached hydrogens (tertiary/aromatic N) is 2. The normalized spacial score (nSPS) is 14.4. The molecular weight excluding hydrogens is 312 g/mol. The topological polar surface area (TPSA) is 43.8 Å². The third-order valence-corrected chi connectivity index (χ3v) is 4.78. The third-order valence-electron chi connectivity index (χ3n) is 4.78. The van der Waals surface area contributed by atoms with Crippen LogP contribution in [0.1, 0.15) is 12.5 Å². The Bertz CT molecular complexity index is 760. The molecule has 1 amide bonds. The highest BCUT2D eigenvalue weighted by atomic mass is 16.3. The molecule has 1 aliphatic heterocycles. The number of hydrogen-bond donors (Lipinski definition) is 1. The van der Waals surface area contributed by atoms with E-state index >= 15 is 0 Å². The van der Waals surface area contributed by atoms with Crippen molar-refractivity contribution in [1.82, 2.24) is 4.90 Å². The van der Waals surface area contributed by atoms with Crippen LogP contribution >= 0.6 is 0 Å². The lowest BCUT2D eigenvalue weighted by Gasteiger charge is -2.35. The molecule has 4 nitrogen and oxygen atoms in total. The highest BCUT2D eigenvalue weighted by molar-refractivity contribution is 5.87. The highest BCUT2D eigenvalue weighted by Crippen LogP contribution is 2.30. The van der Waals surface area contributed by atoms with Crippen LogP contribution in [0.25, 0.3) is 11.1 Å². The van der Waals surface area contributed by atoms with Gasteiger partial charge in [0.1, 0.15) is 5.75 Å². The maximum Gasteiger partial charge on any atom is 0.246 e. The molecule has 0 saturated carbocycles. The summed E-state index contributed by atoms with van der Waals surface area (Å²) in [5.41, 5.74) is 4.57. The lowest BCUT2D eigenvalue weighted by Crippen LogP contribution is -2.48. The summed E-state index contributed by atoms with van der Waals surface area (Å²) in [5.74, 6) is 0.297. The average molecular weight is 336 g/mol. The van der Waals surface area contributed by atoms with E-state index in [4.69, 9.17) is 0 Å². The van der Waals surface area contributed by atoms with Gasteiger partial charge in [0, 0.05) is 31.9 Å². The van der Waals surface area contributed by atoms with Gasteiger partial charge in [0.15, 0.2) is 0 Å². The largest absolute Gasteiger partial charge is 0.508 e. The molecule has 1 N–H and O–H groups in total. The van der Waals surface area contributed by atoms with E-state index in [0.717, 1.165) is 49.4 Å². The smallest absolute Gasteiger partial charge is 0.246 e. The predicted molar refractivity (Wildman–Crippen MR) is 102 cm³/mol. The summed E-state index contributed by atoms with van der Waals surface area (Å²) in [7, 11) is 0. The number of amides is 1. The van der Waals surface area contributed by atoms with Crippen molar-refractivity contribution in [2.45, 2.75) is 13.3 Å². The number of aryl methyl sites for hydroxylation is 1. The van der Waals surface area contributed by atoms with Crippen LogP contribution in [0.3, 0.4) is 0 Å². The van der Waals surface area contributed by atoms with Crippen molar-refractivity contribution in [3.63, 3.8) is 0 Å². The summed E-state index contributed by atoms with van der Waals surface area (Å²) in [6.45, 7) is 8.76. The van der Waals surface area contributed by atoms with Gasteiger partial charge in [-0.05, 0) is 53.5 Å². The summed E-state index contributed by atoms with van der Waals surface area (Å²) in [5, 5.41) is 9.80. The van der Waals surface area contributed by atoms with E-state index in [9.17, 15) is 9.90 Å². The summed E-state index contributed by atoms with van der Waals surface area (Å²) in [6, 6.07) is 14.0. The lowest BCUT2D eigenvalue weighted by atomic mass is 9.97. The zero-order valence-corrected chi connectivity index (χ0v) is 14.6. The number of benzene rings is 2. The fourth-order valence-electron chi connectivity index (χ4n) is 3.31. The summed E-state index contributed by atoms with van der Waals surface area (Å²) in [6.07, 6.45) is 2.31. The fraction of sp³-hybridized carbons (Fsp3) is 0.286. The highest BCUT2D eigenvalue weighted by Gasteiger charge is 2.19. The number of phenols is 1. The molecule has 1 saturated heterocycles. The van der Waals surface area contributed by atoms with Crippen molar-refractivity contribution < 1.29 is 9.90 Å². The van der Waals surface area contributed by atoms with Crippen LogP contribution in [0.15, 0.2) is 55.1 Å². The molecule has 1 heterocycles. The Morgan fingerprint density at radius 1 is 1.12 bits per heavy atom. The lowest BCUT2D eigenvalue weighted by molar-refractivity contribution is -0.126. The second kappa shape index (κ2) is 7.43. The van der Waals surface area contributed by atoms with E-state index in [2.05, 4.69) is 42.7 Å². The Morgan fingerprint density at radius 3 is 2.40 bits per heavy atom. The third kappa shape index (κ3) is 3.68. The maximum atomic E-state index is 11.7. The van der Waals surface area contributed by atoms with Gasteiger partial charge in [-0.2, -0.15) is 0 Å². The minimum Gasteiger partial charge on any atom is -0.508 e. The van der Waals surface area contributed by atoms with Crippen LogP contribution in [0.4, 0.5) is 5.69 Å². The maximum absolute atomic E-state index is 11.7. The molecule has 0 aliphatic carbocycles. The van der Waals surface area contributed by atoms with E-state index in [1.807, 2.05) is 17.0 Å². The fourth-order valence-corrected chi connectivity index (χ4v) is 3.31. The van der Waals surface area contributed by atoms with Gasteiger partial charge in [-0.15, -0.1) is 0 Å². The molecule has 0 spiro atoms. The quantitative estimate of drug-likeness (QED) is 0.870. The number of anilines is 1. The minimum atomic E-state index is 0.00554. The van der Waals surface area contributed by atoms with Gasteiger partial charge in [0.25, 0.3) is 0 Å². The van der Waals surface area contributed by atoms with Crippen LogP contribution in [0, 0.1) is 0 Å². The first-order chi connectivity index (χ1) is 12.1. The number of carbonyl (C=O) groups is 1.